The highest BCUT2D eigenvalue weighted by Crippen LogP contribution is 2.49. The Morgan fingerprint density at radius 2 is 2.04 bits per heavy atom. The third-order valence-electron chi connectivity index (χ3n) is 5.23. The smallest absolute Gasteiger partial charge is 0.237 e. The molecule has 2 aliphatic rings. The van der Waals surface area contributed by atoms with Crippen molar-refractivity contribution in [1.29, 1.82) is 0 Å². The van der Waals surface area contributed by atoms with E-state index in [9.17, 15) is 4.79 Å². The van der Waals surface area contributed by atoms with Gasteiger partial charge in [0.2, 0.25) is 11.8 Å². The third kappa shape index (κ3) is 3.40. The molecular weight excluding hydrogens is 302 g/mol. The van der Waals surface area contributed by atoms with Gasteiger partial charge in [0.25, 0.3) is 0 Å². The van der Waals surface area contributed by atoms with Crippen molar-refractivity contribution >= 4 is 11.6 Å². The van der Waals surface area contributed by atoms with Crippen LogP contribution in [0.5, 0.6) is 11.6 Å². The van der Waals surface area contributed by atoms with Crippen molar-refractivity contribution < 1.29 is 9.53 Å². The average Bonchev–Trinajstić information content (AvgIpc) is 3.20. The molecule has 24 heavy (non-hydrogen) atoms. The normalized spacial score (nSPS) is 24.8. The number of nitrogens with one attached hydrogen (secondary N) is 1. The zero-order chi connectivity index (χ0) is 16.4. The Hall–Kier alpha value is -2.43. The molecular formula is C19H21N3O2. The molecule has 1 N–H and O–H groups in total. The van der Waals surface area contributed by atoms with Crippen molar-refractivity contribution in [2.24, 2.45) is 17.8 Å². The lowest BCUT2D eigenvalue weighted by Gasteiger charge is -2.20. The van der Waals surface area contributed by atoms with E-state index in [4.69, 9.17) is 4.74 Å². The van der Waals surface area contributed by atoms with Crippen LogP contribution >= 0.6 is 0 Å². The first-order valence-corrected chi connectivity index (χ1v) is 8.60. The van der Waals surface area contributed by atoms with Gasteiger partial charge in [0.05, 0.1) is 6.20 Å². The van der Waals surface area contributed by atoms with E-state index in [-0.39, 0.29) is 5.91 Å². The van der Waals surface area contributed by atoms with Crippen LogP contribution in [-0.2, 0) is 4.79 Å². The van der Waals surface area contributed by atoms with Gasteiger partial charge in [0.15, 0.2) is 0 Å². The quantitative estimate of drug-likeness (QED) is 0.902. The molecule has 2 saturated carbocycles. The molecule has 1 aromatic carbocycles. The lowest BCUT2D eigenvalue weighted by molar-refractivity contribution is -0.117. The zero-order valence-corrected chi connectivity index (χ0v) is 13.5. The minimum atomic E-state index is 0.121. The first-order valence-electron chi connectivity index (χ1n) is 8.60. The molecule has 2 aliphatic carbocycles. The van der Waals surface area contributed by atoms with Gasteiger partial charge in [0, 0.05) is 24.5 Å². The Balaban J connectivity index is 1.31. The van der Waals surface area contributed by atoms with Gasteiger partial charge in [-0.1, -0.05) is 6.42 Å². The predicted molar refractivity (Wildman–Crippen MR) is 90.7 cm³/mol. The second-order valence-corrected chi connectivity index (χ2v) is 6.86. The molecule has 0 aliphatic heterocycles. The molecule has 124 valence electrons. The maximum Gasteiger partial charge on any atom is 0.237 e. The number of hydrogen-bond donors (Lipinski definition) is 1. The third-order valence-corrected chi connectivity index (χ3v) is 5.23. The molecule has 1 amide bonds. The van der Waals surface area contributed by atoms with Crippen LogP contribution in [0, 0.1) is 17.8 Å². The Morgan fingerprint density at radius 3 is 2.71 bits per heavy atom. The van der Waals surface area contributed by atoms with E-state index in [0.717, 1.165) is 17.5 Å². The fourth-order valence-electron chi connectivity index (χ4n) is 4.14. The van der Waals surface area contributed by atoms with Crippen molar-refractivity contribution in [2.75, 3.05) is 5.32 Å². The molecule has 0 radical (unpaired) electrons. The summed E-state index contributed by atoms with van der Waals surface area (Å²) in [5.74, 6) is 3.49. The average molecular weight is 323 g/mol. The van der Waals surface area contributed by atoms with Crippen molar-refractivity contribution in [3.63, 3.8) is 0 Å². The summed E-state index contributed by atoms with van der Waals surface area (Å²) in [7, 11) is 0. The minimum Gasteiger partial charge on any atom is -0.438 e. The number of benzene rings is 1. The molecule has 2 aromatic rings. The van der Waals surface area contributed by atoms with Crippen molar-refractivity contribution in [2.45, 2.75) is 32.1 Å². The molecule has 5 heteroatoms. The predicted octanol–water partition coefficient (Wildman–Crippen LogP) is 4.03. The topological polar surface area (TPSA) is 64.1 Å². The number of nitrogens with zero attached hydrogens (tertiary/aromatic N) is 2. The monoisotopic (exact) mass is 323 g/mol. The van der Waals surface area contributed by atoms with Gasteiger partial charge in [-0.3, -0.25) is 9.78 Å². The van der Waals surface area contributed by atoms with Gasteiger partial charge >= 0.3 is 0 Å². The van der Waals surface area contributed by atoms with E-state index < -0.39 is 0 Å². The zero-order valence-electron chi connectivity index (χ0n) is 13.5. The van der Waals surface area contributed by atoms with Gasteiger partial charge in [0.1, 0.15) is 5.75 Å². The molecule has 5 nitrogen and oxygen atoms in total. The van der Waals surface area contributed by atoms with Gasteiger partial charge in [-0.2, -0.15) is 0 Å². The van der Waals surface area contributed by atoms with Crippen LogP contribution < -0.4 is 10.1 Å². The van der Waals surface area contributed by atoms with E-state index in [0.29, 0.717) is 24.0 Å². The number of carbonyl (C=O) groups excluding carboxylic acids is 1. The number of aromatic nitrogens is 2. The van der Waals surface area contributed by atoms with Gasteiger partial charge in [-0.25, -0.2) is 4.98 Å². The number of rotatable bonds is 5. The first-order chi connectivity index (χ1) is 11.8. The van der Waals surface area contributed by atoms with Gasteiger partial charge < -0.3 is 10.1 Å². The summed E-state index contributed by atoms with van der Waals surface area (Å²) in [4.78, 5) is 20.3. The maximum atomic E-state index is 12.3. The summed E-state index contributed by atoms with van der Waals surface area (Å²) < 4.78 is 5.59. The molecule has 3 atom stereocenters. The van der Waals surface area contributed by atoms with E-state index in [1.54, 1.807) is 18.6 Å². The minimum absolute atomic E-state index is 0.121. The fraction of sp³-hybridized carbons (Fsp3) is 0.421. The van der Waals surface area contributed by atoms with Crippen molar-refractivity contribution in [1.82, 2.24) is 9.97 Å². The summed E-state index contributed by atoms with van der Waals surface area (Å²) in [6.07, 6.45) is 10.7. The number of amides is 1. The molecule has 2 bridgehead atoms. The first kappa shape index (κ1) is 15.1. The highest BCUT2D eigenvalue weighted by Gasteiger charge is 2.40. The molecule has 0 saturated heterocycles. The van der Waals surface area contributed by atoms with Gasteiger partial charge in [-0.05, 0) is 61.3 Å². The van der Waals surface area contributed by atoms with Crippen molar-refractivity contribution in [3.8, 4) is 11.6 Å². The van der Waals surface area contributed by atoms with Crippen molar-refractivity contribution in [3.05, 3.63) is 42.9 Å². The fourth-order valence-corrected chi connectivity index (χ4v) is 4.14. The number of anilines is 1. The van der Waals surface area contributed by atoms with E-state index in [1.807, 2.05) is 24.3 Å². The SMILES string of the molecule is O=C(C[C@H]1C[C@H]2CC[C@H]1C2)Nc1ccc(Oc2cnccn2)cc1. The van der Waals surface area contributed by atoms with E-state index in [2.05, 4.69) is 15.3 Å². The largest absolute Gasteiger partial charge is 0.438 e. The Kier molecular flexibility index (Phi) is 4.15. The summed E-state index contributed by atoms with van der Waals surface area (Å²) in [5, 5.41) is 3.00. The molecule has 0 unspecified atom stereocenters. The molecule has 1 aromatic heterocycles. The highest BCUT2D eigenvalue weighted by molar-refractivity contribution is 5.90. The second kappa shape index (κ2) is 6.59. The Labute approximate surface area is 141 Å². The molecule has 4 rings (SSSR count). The van der Waals surface area contributed by atoms with E-state index in [1.165, 1.54) is 25.7 Å². The highest BCUT2D eigenvalue weighted by atomic mass is 16.5. The van der Waals surface area contributed by atoms with Gasteiger partial charge in [-0.15, -0.1) is 0 Å². The van der Waals surface area contributed by atoms with Crippen LogP contribution in [0.1, 0.15) is 32.1 Å². The van der Waals surface area contributed by atoms with Crippen LogP contribution in [0.3, 0.4) is 0 Å². The van der Waals surface area contributed by atoms with Crippen LogP contribution in [0.2, 0.25) is 0 Å². The lowest BCUT2D eigenvalue weighted by Crippen LogP contribution is -2.20. The second-order valence-electron chi connectivity index (χ2n) is 6.86. The lowest BCUT2D eigenvalue weighted by atomic mass is 9.86. The Morgan fingerprint density at radius 1 is 1.17 bits per heavy atom. The maximum absolute atomic E-state index is 12.3. The molecule has 1 heterocycles. The van der Waals surface area contributed by atoms with Crippen LogP contribution in [0.4, 0.5) is 5.69 Å². The van der Waals surface area contributed by atoms with Crippen LogP contribution in [0.15, 0.2) is 42.9 Å². The summed E-state index contributed by atoms with van der Waals surface area (Å²) in [6, 6.07) is 7.35. The number of fused-ring (bicyclic) bond motifs is 2. The molecule has 0 spiro atoms. The number of ether oxygens (including phenoxy) is 1. The summed E-state index contributed by atoms with van der Waals surface area (Å²) in [6.45, 7) is 0. The standard InChI is InChI=1S/C19H21N3O2/c23-18(11-15-10-13-1-2-14(15)9-13)22-16-3-5-17(6-4-16)24-19-12-20-7-8-21-19/h3-8,12-15H,1-2,9-11H2,(H,22,23)/t13-,14-,15+/m0/s1. The van der Waals surface area contributed by atoms with Crippen LogP contribution in [-0.4, -0.2) is 15.9 Å². The number of carbonyl (C=O) groups is 1. The number of hydrogen-bond acceptors (Lipinski definition) is 4. The summed E-state index contributed by atoms with van der Waals surface area (Å²) >= 11 is 0. The Bertz CT molecular complexity index is 702. The summed E-state index contributed by atoms with van der Waals surface area (Å²) in [5.41, 5.74) is 0.801. The van der Waals surface area contributed by atoms with E-state index >= 15 is 0 Å². The molecule has 2 fully saturated rings. The van der Waals surface area contributed by atoms with Crippen LogP contribution in [0.25, 0.3) is 0 Å².